The molecule has 2 nitrogen and oxygen atoms in total. The molecule has 3 heteroatoms. The highest BCUT2D eigenvalue weighted by Crippen LogP contribution is 2.31. The van der Waals surface area contributed by atoms with E-state index in [1.54, 1.807) is 13.3 Å². The van der Waals surface area contributed by atoms with Crippen LogP contribution in [-0.4, -0.2) is 12.1 Å². The molecule has 0 bridgehead atoms. The number of aromatic nitrogens is 1. The van der Waals surface area contributed by atoms with Gasteiger partial charge in [0, 0.05) is 6.20 Å². The molecule has 0 saturated heterocycles. The van der Waals surface area contributed by atoms with E-state index in [1.807, 2.05) is 12.1 Å². The smallest absolute Gasteiger partial charge is 0.129 e. The lowest BCUT2D eigenvalue weighted by Gasteiger charge is -2.07. The largest absolute Gasteiger partial charge is 0.496 e. The zero-order chi connectivity index (χ0) is 10.1. The lowest BCUT2D eigenvalue weighted by Crippen LogP contribution is -1.88. The molecule has 2 rings (SSSR count). The Morgan fingerprint density at radius 1 is 1.36 bits per heavy atom. The summed E-state index contributed by atoms with van der Waals surface area (Å²) >= 11 is 3.42. The highest BCUT2D eigenvalue weighted by molar-refractivity contribution is 9.10. The summed E-state index contributed by atoms with van der Waals surface area (Å²) in [5.41, 5.74) is 1.19. The quantitative estimate of drug-likeness (QED) is 0.726. The van der Waals surface area contributed by atoms with E-state index in [-0.39, 0.29) is 0 Å². The number of hydrogen-bond acceptors (Lipinski definition) is 2. The third kappa shape index (κ3) is 1.48. The molecule has 1 heterocycles. The third-order valence-corrected chi connectivity index (χ3v) is 2.75. The second kappa shape index (κ2) is 3.58. The topological polar surface area (TPSA) is 22.1 Å². The number of hydrogen-bond donors (Lipinski definition) is 0. The van der Waals surface area contributed by atoms with Gasteiger partial charge in [0.2, 0.25) is 0 Å². The van der Waals surface area contributed by atoms with Gasteiger partial charge in [-0.3, -0.25) is 0 Å². The molecule has 0 unspecified atom stereocenters. The van der Waals surface area contributed by atoms with E-state index in [9.17, 15) is 0 Å². The molecular weight excluding hydrogens is 242 g/mol. The summed E-state index contributed by atoms with van der Waals surface area (Å²) < 4.78 is 6.14. The lowest BCUT2D eigenvalue weighted by atomic mass is 10.1. The molecule has 0 aliphatic heterocycles. The maximum atomic E-state index is 5.32. The van der Waals surface area contributed by atoms with Crippen molar-refractivity contribution in [2.45, 2.75) is 6.92 Å². The summed E-state index contributed by atoms with van der Waals surface area (Å²) in [6.45, 7) is 2.05. The van der Waals surface area contributed by atoms with Gasteiger partial charge in [0.1, 0.15) is 10.4 Å². The molecule has 2 aromatic rings. The van der Waals surface area contributed by atoms with Crippen molar-refractivity contribution in [1.29, 1.82) is 0 Å². The van der Waals surface area contributed by atoms with Gasteiger partial charge < -0.3 is 4.74 Å². The van der Waals surface area contributed by atoms with E-state index >= 15 is 0 Å². The van der Waals surface area contributed by atoms with Crippen LogP contribution in [0.15, 0.2) is 29.0 Å². The molecule has 0 atom stereocenters. The van der Waals surface area contributed by atoms with Crippen LogP contribution < -0.4 is 4.74 Å². The van der Waals surface area contributed by atoms with Crippen molar-refractivity contribution in [2.75, 3.05) is 7.11 Å². The van der Waals surface area contributed by atoms with Crippen LogP contribution in [0, 0.1) is 6.92 Å². The van der Waals surface area contributed by atoms with Crippen molar-refractivity contribution in [1.82, 2.24) is 4.98 Å². The highest BCUT2D eigenvalue weighted by Gasteiger charge is 2.06. The van der Waals surface area contributed by atoms with Crippen LogP contribution in [0.3, 0.4) is 0 Å². The zero-order valence-corrected chi connectivity index (χ0v) is 9.63. The number of methoxy groups -OCH3 is 1. The van der Waals surface area contributed by atoms with Gasteiger partial charge in [0.15, 0.2) is 0 Å². The summed E-state index contributed by atoms with van der Waals surface area (Å²) in [6.07, 6.45) is 1.78. The van der Waals surface area contributed by atoms with E-state index in [2.05, 4.69) is 33.9 Å². The summed E-state index contributed by atoms with van der Waals surface area (Å²) in [4.78, 5) is 4.18. The molecule has 72 valence electrons. The average Bonchev–Trinajstić information content (AvgIpc) is 2.16. The second-order valence-electron chi connectivity index (χ2n) is 3.17. The number of ether oxygens (including phenoxy) is 1. The molecule has 0 aliphatic carbocycles. The molecule has 0 spiro atoms. The van der Waals surface area contributed by atoms with Crippen molar-refractivity contribution in [2.24, 2.45) is 0 Å². The van der Waals surface area contributed by atoms with Crippen LogP contribution in [0.2, 0.25) is 0 Å². The van der Waals surface area contributed by atoms with E-state index < -0.39 is 0 Å². The van der Waals surface area contributed by atoms with E-state index in [0.29, 0.717) is 0 Å². The van der Waals surface area contributed by atoms with Gasteiger partial charge in [-0.1, -0.05) is 6.07 Å². The maximum Gasteiger partial charge on any atom is 0.129 e. The highest BCUT2D eigenvalue weighted by atomic mass is 79.9. The van der Waals surface area contributed by atoms with Gasteiger partial charge >= 0.3 is 0 Å². The van der Waals surface area contributed by atoms with Crippen molar-refractivity contribution in [3.63, 3.8) is 0 Å². The molecule has 0 radical (unpaired) electrons. The van der Waals surface area contributed by atoms with Gasteiger partial charge in [0.25, 0.3) is 0 Å². The van der Waals surface area contributed by atoms with Crippen molar-refractivity contribution < 1.29 is 4.74 Å². The number of rotatable bonds is 1. The van der Waals surface area contributed by atoms with Crippen molar-refractivity contribution in [3.05, 3.63) is 34.6 Å². The fraction of sp³-hybridized carbons (Fsp3) is 0.182. The van der Waals surface area contributed by atoms with E-state index in [0.717, 1.165) is 21.1 Å². The third-order valence-electron chi connectivity index (χ3n) is 2.15. The maximum absolute atomic E-state index is 5.32. The monoisotopic (exact) mass is 251 g/mol. The van der Waals surface area contributed by atoms with Crippen molar-refractivity contribution >= 4 is 26.7 Å². The summed E-state index contributed by atoms with van der Waals surface area (Å²) in [7, 11) is 1.67. The first-order valence-electron chi connectivity index (χ1n) is 4.31. The fourth-order valence-corrected chi connectivity index (χ4v) is 2.08. The minimum Gasteiger partial charge on any atom is -0.496 e. The number of nitrogens with zero attached hydrogens (tertiary/aromatic N) is 1. The molecule has 0 fully saturated rings. The number of halogens is 1. The van der Waals surface area contributed by atoms with Crippen LogP contribution in [0.1, 0.15) is 5.56 Å². The molecule has 1 aromatic carbocycles. The molecule has 0 saturated carbocycles. The number of pyridine rings is 1. The molecule has 0 N–H and O–H groups in total. The van der Waals surface area contributed by atoms with Crippen LogP contribution in [0.5, 0.6) is 5.75 Å². The van der Waals surface area contributed by atoms with Crippen LogP contribution in [0.4, 0.5) is 0 Å². The Balaban J connectivity index is 2.88. The Bertz CT molecular complexity index is 482. The van der Waals surface area contributed by atoms with Crippen molar-refractivity contribution in [3.8, 4) is 5.75 Å². The van der Waals surface area contributed by atoms with Crippen LogP contribution >= 0.6 is 15.9 Å². The first-order valence-corrected chi connectivity index (χ1v) is 5.10. The van der Waals surface area contributed by atoms with Gasteiger partial charge in [-0.25, -0.2) is 4.98 Å². The molecule has 14 heavy (non-hydrogen) atoms. The molecule has 0 aliphatic rings. The molecule has 0 amide bonds. The Labute approximate surface area is 91.0 Å². The summed E-state index contributed by atoms with van der Waals surface area (Å²) in [5.74, 6) is 0.861. The fourth-order valence-electron chi connectivity index (χ4n) is 1.54. The standard InChI is InChI=1S/C11H10BrNO/c1-7-5-8-3-4-13-11(12)10(8)9(6-7)14-2/h3-6H,1-2H3. The number of benzene rings is 1. The Hall–Kier alpha value is -1.09. The lowest BCUT2D eigenvalue weighted by molar-refractivity contribution is 0.419. The Morgan fingerprint density at radius 3 is 2.86 bits per heavy atom. The predicted octanol–water partition coefficient (Wildman–Crippen LogP) is 3.31. The first kappa shape index (κ1) is 9.46. The Morgan fingerprint density at radius 2 is 2.14 bits per heavy atom. The first-order chi connectivity index (χ1) is 6.72. The van der Waals surface area contributed by atoms with Gasteiger partial charge in [-0.2, -0.15) is 0 Å². The van der Waals surface area contributed by atoms with E-state index in [1.165, 1.54) is 5.56 Å². The SMILES string of the molecule is COc1cc(C)cc2ccnc(Br)c12. The van der Waals surface area contributed by atoms with Crippen LogP contribution in [0.25, 0.3) is 10.8 Å². The average molecular weight is 252 g/mol. The van der Waals surface area contributed by atoms with E-state index in [4.69, 9.17) is 4.74 Å². The van der Waals surface area contributed by atoms with Gasteiger partial charge in [0.05, 0.1) is 12.5 Å². The minimum atomic E-state index is 0.826. The minimum absolute atomic E-state index is 0.826. The summed E-state index contributed by atoms with van der Waals surface area (Å²) in [6, 6.07) is 6.11. The molecule has 1 aromatic heterocycles. The summed E-state index contributed by atoms with van der Waals surface area (Å²) in [5, 5.41) is 2.17. The normalized spacial score (nSPS) is 10.5. The van der Waals surface area contributed by atoms with Gasteiger partial charge in [-0.05, 0) is 45.9 Å². The number of aryl methyl sites for hydroxylation is 1. The second-order valence-corrected chi connectivity index (χ2v) is 3.92. The predicted molar refractivity (Wildman–Crippen MR) is 60.7 cm³/mol. The number of fused-ring (bicyclic) bond motifs is 1. The molecular formula is C11H10BrNO. The van der Waals surface area contributed by atoms with Crippen LogP contribution in [-0.2, 0) is 0 Å². The zero-order valence-electron chi connectivity index (χ0n) is 8.04. The Kier molecular flexibility index (Phi) is 2.42. The van der Waals surface area contributed by atoms with Gasteiger partial charge in [-0.15, -0.1) is 0 Å².